The highest BCUT2D eigenvalue weighted by molar-refractivity contribution is 7.89. The first-order valence-electron chi connectivity index (χ1n) is 5.26. The quantitative estimate of drug-likeness (QED) is 0.421. The number of carboxylic acids is 1. The molecule has 0 aromatic carbocycles. The molecule has 8 heteroatoms. The summed E-state index contributed by atoms with van der Waals surface area (Å²) in [6.07, 6.45) is -0.0161. The van der Waals surface area contributed by atoms with Crippen molar-refractivity contribution < 1.29 is 28.5 Å². The van der Waals surface area contributed by atoms with E-state index in [4.69, 9.17) is 15.3 Å². The summed E-state index contributed by atoms with van der Waals surface area (Å²) < 4.78 is 25.4. The molecule has 0 aromatic rings. The number of rotatable bonds is 9. The zero-order valence-electron chi connectivity index (χ0n) is 9.72. The fourth-order valence-electron chi connectivity index (χ4n) is 1.20. The molecule has 0 atom stereocenters. The van der Waals surface area contributed by atoms with Gasteiger partial charge < -0.3 is 15.3 Å². The third-order valence-electron chi connectivity index (χ3n) is 2.46. The van der Waals surface area contributed by atoms with Crippen molar-refractivity contribution in [1.29, 1.82) is 0 Å². The van der Waals surface area contributed by atoms with Crippen molar-refractivity contribution >= 4 is 16.0 Å². The van der Waals surface area contributed by atoms with Gasteiger partial charge in [-0.3, -0.25) is 4.79 Å². The first-order chi connectivity index (χ1) is 7.81. The molecule has 7 nitrogen and oxygen atoms in total. The second-order valence-corrected chi connectivity index (χ2v) is 5.71. The Morgan fingerprint density at radius 3 is 2.18 bits per heavy atom. The molecule has 0 aliphatic heterocycles. The minimum absolute atomic E-state index is 0.0126. The number of sulfonamides is 1. The minimum atomic E-state index is -3.70. The predicted octanol–water partition coefficient (Wildman–Crippen LogP) is -1.10. The fraction of sp³-hybridized carbons (Fsp3) is 0.889. The number of nitrogens with one attached hydrogen (secondary N) is 1. The smallest absolute Gasteiger partial charge is 0.303 e. The van der Waals surface area contributed by atoms with Crippen LogP contribution in [0.3, 0.4) is 0 Å². The molecule has 0 heterocycles. The summed E-state index contributed by atoms with van der Waals surface area (Å²) in [5, 5.41) is 26.5. The topological polar surface area (TPSA) is 124 Å². The standard InChI is InChI=1S/C9H19NO6S/c1-2-9(6-11,7-12)10-17(15,16)5-3-4-8(13)14/h10-12H,2-7H2,1H3,(H,13,14). The van der Waals surface area contributed by atoms with E-state index in [0.717, 1.165) is 0 Å². The fourth-order valence-corrected chi connectivity index (χ4v) is 2.76. The average Bonchev–Trinajstić information content (AvgIpc) is 2.25. The third kappa shape index (κ3) is 5.97. The van der Waals surface area contributed by atoms with E-state index in [1.165, 1.54) is 0 Å². The predicted molar refractivity (Wildman–Crippen MR) is 61.0 cm³/mol. The highest BCUT2D eigenvalue weighted by Crippen LogP contribution is 2.11. The molecular weight excluding hydrogens is 250 g/mol. The Morgan fingerprint density at radius 1 is 1.29 bits per heavy atom. The number of carboxylic acid groups (broad SMARTS) is 1. The first-order valence-corrected chi connectivity index (χ1v) is 6.91. The second-order valence-electron chi connectivity index (χ2n) is 3.87. The van der Waals surface area contributed by atoms with Crippen LogP contribution in [-0.2, 0) is 14.8 Å². The molecule has 4 N–H and O–H groups in total. The lowest BCUT2D eigenvalue weighted by Crippen LogP contribution is -2.54. The van der Waals surface area contributed by atoms with E-state index in [9.17, 15) is 13.2 Å². The summed E-state index contributed by atoms with van der Waals surface area (Å²) in [6, 6.07) is 0. The van der Waals surface area contributed by atoms with Crippen molar-refractivity contribution in [1.82, 2.24) is 4.72 Å². The van der Waals surface area contributed by atoms with Crippen LogP contribution in [0.2, 0.25) is 0 Å². The van der Waals surface area contributed by atoms with E-state index in [1.54, 1.807) is 6.92 Å². The Kier molecular flexibility index (Phi) is 6.61. The Bertz CT molecular complexity index is 327. The Balaban J connectivity index is 4.46. The number of carbonyl (C=O) groups is 1. The molecule has 0 radical (unpaired) electrons. The van der Waals surface area contributed by atoms with Crippen LogP contribution in [0.15, 0.2) is 0 Å². The summed E-state index contributed by atoms with van der Waals surface area (Å²) in [5.74, 6) is -1.41. The number of aliphatic carboxylic acids is 1. The molecule has 0 aliphatic carbocycles. The summed E-state index contributed by atoms with van der Waals surface area (Å²) in [4.78, 5) is 10.2. The lowest BCUT2D eigenvalue weighted by Gasteiger charge is -2.29. The maximum Gasteiger partial charge on any atom is 0.303 e. The number of hydrogen-bond donors (Lipinski definition) is 4. The molecule has 102 valence electrons. The van der Waals surface area contributed by atoms with Gasteiger partial charge in [-0.1, -0.05) is 6.92 Å². The lowest BCUT2D eigenvalue weighted by molar-refractivity contribution is -0.137. The van der Waals surface area contributed by atoms with Crippen molar-refractivity contribution in [3.8, 4) is 0 Å². The Labute approximate surface area is 101 Å². The number of hydrogen-bond acceptors (Lipinski definition) is 5. The van der Waals surface area contributed by atoms with Gasteiger partial charge in [-0.15, -0.1) is 0 Å². The Morgan fingerprint density at radius 2 is 1.82 bits per heavy atom. The molecule has 0 bridgehead atoms. The zero-order valence-corrected chi connectivity index (χ0v) is 10.5. The van der Waals surface area contributed by atoms with Crippen molar-refractivity contribution in [3.63, 3.8) is 0 Å². The summed E-state index contributed by atoms with van der Waals surface area (Å²) in [7, 11) is -3.70. The van der Waals surface area contributed by atoms with Crippen LogP contribution in [0.5, 0.6) is 0 Å². The second kappa shape index (κ2) is 6.90. The molecule has 0 amide bonds. The van der Waals surface area contributed by atoms with Gasteiger partial charge in [0.2, 0.25) is 10.0 Å². The number of aliphatic hydroxyl groups excluding tert-OH is 2. The molecule has 0 unspecified atom stereocenters. The zero-order chi connectivity index (χ0) is 13.5. The summed E-state index contributed by atoms with van der Waals surface area (Å²) >= 11 is 0. The van der Waals surface area contributed by atoms with E-state index in [-0.39, 0.29) is 25.0 Å². The van der Waals surface area contributed by atoms with Crippen LogP contribution < -0.4 is 4.72 Å². The van der Waals surface area contributed by atoms with Crippen LogP contribution in [-0.4, -0.2) is 54.2 Å². The first kappa shape index (κ1) is 16.3. The van der Waals surface area contributed by atoms with Gasteiger partial charge in [0.1, 0.15) is 0 Å². The van der Waals surface area contributed by atoms with Crippen LogP contribution in [0.4, 0.5) is 0 Å². The van der Waals surface area contributed by atoms with E-state index in [1.807, 2.05) is 0 Å². The third-order valence-corrected chi connectivity index (χ3v) is 4.03. The van der Waals surface area contributed by atoms with Gasteiger partial charge in [0, 0.05) is 6.42 Å². The van der Waals surface area contributed by atoms with E-state index in [2.05, 4.69) is 4.72 Å². The van der Waals surface area contributed by atoms with Crippen LogP contribution in [0.1, 0.15) is 26.2 Å². The highest BCUT2D eigenvalue weighted by atomic mass is 32.2. The van der Waals surface area contributed by atoms with Gasteiger partial charge >= 0.3 is 5.97 Å². The minimum Gasteiger partial charge on any atom is -0.481 e. The molecule has 0 fully saturated rings. The van der Waals surface area contributed by atoms with Crippen molar-refractivity contribution in [3.05, 3.63) is 0 Å². The molecule has 0 aromatic heterocycles. The van der Waals surface area contributed by atoms with Gasteiger partial charge in [0.15, 0.2) is 0 Å². The van der Waals surface area contributed by atoms with Crippen molar-refractivity contribution in [2.75, 3.05) is 19.0 Å². The molecule has 17 heavy (non-hydrogen) atoms. The largest absolute Gasteiger partial charge is 0.481 e. The highest BCUT2D eigenvalue weighted by Gasteiger charge is 2.31. The van der Waals surface area contributed by atoms with Gasteiger partial charge in [-0.2, -0.15) is 0 Å². The van der Waals surface area contributed by atoms with Gasteiger partial charge in [0.05, 0.1) is 24.5 Å². The Hall–Kier alpha value is -0.700. The van der Waals surface area contributed by atoms with Gasteiger partial charge in [0.25, 0.3) is 0 Å². The van der Waals surface area contributed by atoms with Gasteiger partial charge in [-0.25, -0.2) is 13.1 Å². The number of aliphatic hydroxyl groups is 2. The molecule has 0 saturated heterocycles. The van der Waals surface area contributed by atoms with Crippen LogP contribution >= 0.6 is 0 Å². The van der Waals surface area contributed by atoms with Crippen molar-refractivity contribution in [2.45, 2.75) is 31.7 Å². The maximum atomic E-state index is 11.6. The summed E-state index contributed by atoms with van der Waals surface area (Å²) in [5.41, 5.74) is -1.28. The molecule has 0 spiro atoms. The molecule has 0 aliphatic rings. The molecular formula is C9H19NO6S. The van der Waals surface area contributed by atoms with E-state index in [0.29, 0.717) is 0 Å². The van der Waals surface area contributed by atoms with E-state index >= 15 is 0 Å². The van der Waals surface area contributed by atoms with Gasteiger partial charge in [-0.05, 0) is 12.8 Å². The normalized spacial score (nSPS) is 12.6. The molecule has 0 rings (SSSR count). The average molecular weight is 269 g/mol. The lowest BCUT2D eigenvalue weighted by atomic mass is 10.0. The van der Waals surface area contributed by atoms with Crippen LogP contribution in [0, 0.1) is 0 Å². The SMILES string of the molecule is CCC(CO)(CO)NS(=O)(=O)CCCC(=O)O. The molecule has 0 saturated carbocycles. The van der Waals surface area contributed by atoms with Crippen LogP contribution in [0.25, 0.3) is 0 Å². The van der Waals surface area contributed by atoms with E-state index < -0.39 is 34.7 Å². The van der Waals surface area contributed by atoms with Crippen molar-refractivity contribution in [2.24, 2.45) is 0 Å². The maximum absolute atomic E-state index is 11.6. The summed E-state index contributed by atoms with van der Waals surface area (Å²) in [6.45, 7) is 0.600. The monoisotopic (exact) mass is 269 g/mol.